The minimum atomic E-state index is -0.385. The second-order valence-corrected chi connectivity index (χ2v) is 5.18. The SMILES string of the molecule is NCCCc1cccc(CC[C@@H](O)c2ccccc2)c1. The van der Waals surface area contributed by atoms with E-state index in [0.717, 1.165) is 37.8 Å². The van der Waals surface area contributed by atoms with E-state index in [-0.39, 0.29) is 6.10 Å². The lowest BCUT2D eigenvalue weighted by molar-refractivity contribution is 0.168. The van der Waals surface area contributed by atoms with Crippen LogP contribution in [0.2, 0.25) is 0 Å². The van der Waals surface area contributed by atoms with Gasteiger partial charge in [0.15, 0.2) is 0 Å². The van der Waals surface area contributed by atoms with Crippen molar-refractivity contribution in [2.24, 2.45) is 5.73 Å². The number of hydrogen-bond donors (Lipinski definition) is 2. The van der Waals surface area contributed by atoms with Crippen molar-refractivity contribution in [3.05, 3.63) is 71.3 Å². The Bertz CT molecular complexity index is 510. The average molecular weight is 269 g/mol. The molecule has 0 saturated carbocycles. The number of aliphatic hydroxyl groups is 1. The molecule has 0 aromatic heterocycles. The zero-order valence-corrected chi connectivity index (χ0v) is 11.8. The summed E-state index contributed by atoms with van der Waals surface area (Å²) in [5, 5.41) is 10.2. The van der Waals surface area contributed by atoms with E-state index in [1.165, 1.54) is 11.1 Å². The van der Waals surface area contributed by atoms with Gasteiger partial charge in [0, 0.05) is 0 Å². The van der Waals surface area contributed by atoms with Crippen LogP contribution < -0.4 is 5.73 Å². The zero-order chi connectivity index (χ0) is 14.2. The van der Waals surface area contributed by atoms with Crippen molar-refractivity contribution >= 4 is 0 Å². The van der Waals surface area contributed by atoms with Gasteiger partial charge in [0.05, 0.1) is 6.10 Å². The smallest absolute Gasteiger partial charge is 0.0793 e. The van der Waals surface area contributed by atoms with Crippen molar-refractivity contribution in [3.63, 3.8) is 0 Å². The van der Waals surface area contributed by atoms with E-state index in [9.17, 15) is 5.11 Å². The van der Waals surface area contributed by atoms with E-state index in [2.05, 4.69) is 24.3 Å². The Morgan fingerprint density at radius 1 is 0.900 bits per heavy atom. The third-order valence-electron chi connectivity index (χ3n) is 3.55. The van der Waals surface area contributed by atoms with Crippen LogP contribution in [0.3, 0.4) is 0 Å². The maximum atomic E-state index is 10.2. The van der Waals surface area contributed by atoms with Crippen molar-refractivity contribution in [1.29, 1.82) is 0 Å². The molecule has 0 radical (unpaired) electrons. The summed E-state index contributed by atoms with van der Waals surface area (Å²) < 4.78 is 0. The third-order valence-corrected chi connectivity index (χ3v) is 3.55. The molecule has 106 valence electrons. The van der Waals surface area contributed by atoms with Gasteiger partial charge in [-0.25, -0.2) is 0 Å². The molecule has 2 nitrogen and oxygen atoms in total. The molecule has 0 bridgehead atoms. The first-order valence-electron chi connectivity index (χ1n) is 7.30. The molecule has 1 atom stereocenters. The molecule has 2 aromatic rings. The highest BCUT2D eigenvalue weighted by Gasteiger charge is 2.07. The first-order valence-corrected chi connectivity index (χ1v) is 7.30. The fraction of sp³-hybridized carbons (Fsp3) is 0.333. The molecule has 3 N–H and O–H groups in total. The molecule has 0 heterocycles. The Balaban J connectivity index is 1.90. The topological polar surface area (TPSA) is 46.2 Å². The van der Waals surface area contributed by atoms with Crippen molar-refractivity contribution in [3.8, 4) is 0 Å². The van der Waals surface area contributed by atoms with Gasteiger partial charge in [-0.05, 0) is 48.9 Å². The number of rotatable bonds is 7. The lowest BCUT2D eigenvalue weighted by Gasteiger charge is -2.11. The second-order valence-electron chi connectivity index (χ2n) is 5.18. The number of aryl methyl sites for hydroxylation is 2. The second kappa shape index (κ2) is 7.83. The van der Waals surface area contributed by atoms with Crippen LogP contribution >= 0.6 is 0 Å². The van der Waals surface area contributed by atoms with Crippen LogP contribution in [-0.4, -0.2) is 11.7 Å². The molecule has 0 unspecified atom stereocenters. The Labute approximate surface area is 121 Å². The number of benzene rings is 2. The lowest BCUT2D eigenvalue weighted by Crippen LogP contribution is -2.01. The summed E-state index contributed by atoms with van der Waals surface area (Å²) in [5.74, 6) is 0. The molecule has 0 aliphatic rings. The predicted octanol–water partition coefficient (Wildman–Crippen LogP) is 3.24. The van der Waals surface area contributed by atoms with Gasteiger partial charge in [0.2, 0.25) is 0 Å². The fourth-order valence-electron chi connectivity index (χ4n) is 2.39. The highest BCUT2D eigenvalue weighted by Crippen LogP contribution is 2.19. The maximum absolute atomic E-state index is 10.2. The van der Waals surface area contributed by atoms with Crippen LogP contribution in [0.15, 0.2) is 54.6 Å². The molecule has 0 aliphatic carbocycles. The Kier molecular flexibility index (Phi) is 5.78. The van der Waals surface area contributed by atoms with E-state index in [1.807, 2.05) is 30.3 Å². The van der Waals surface area contributed by atoms with Crippen molar-refractivity contribution in [1.82, 2.24) is 0 Å². The molecule has 0 saturated heterocycles. The van der Waals surface area contributed by atoms with Crippen LogP contribution in [0, 0.1) is 0 Å². The normalized spacial score (nSPS) is 12.3. The van der Waals surface area contributed by atoms with Crippen LogP contribution in [0.4, 0.5) is 0 Å². The van der Waals surface area contributed by atoms with E-state index >= 15 is 0 Å². The van der Waals surface area contributed by atoms with Gasteiger partial charge >= 0.3 is 0 Å². The first kappa shape index (κ1) is 14.8. The van der Waals surface area contributed by atoms with Crippen LogP contribution in [0.25, 0.3) is 0 Å². The average Bonchev–Trinajstić information content (AvgIpc) is 2.52. The summed E-state index contributed by atoms with van der Waals surface area (Å²) in [6.45, 7) is 0.733. The minimum Gasteiger partial charge on any atom is -0.388 e. The standard InChI is InChI=1S/C18H23NO/c19-13-5-8-15-6-4-7-16(14-15)11-12-18(20)17-9-2-1-3-10-17/h1-4,6-7,9-10,14,18,20H,5,8,11-13,19H2/t18-/m1/s1. The van der Waals surface area contributed by atoms with Crippen molar-refractivity contribution in [2.75, 3.05) is 6.54 Å². The largest absolute Gasteiger partial charge is 0.388 e. The molecule has 0 spiro atoms. The molecule has 0 amide bonds. The Morgan fingerprint density at radius 3 is 2.30 bits per heavy atom. The van der Waals surface area contributed by atoms with E-state index in [4.69, 9.17) is 5.73 Å². The highest BCUT2D eigenvalue weighted by atomic mass is 16.3. The van der Waals surface area contributed by atoms with Gasteiger partial charge in [-0.3, -0.25) is 0 Å². The quantitative estimate of drug-likeness (QED) is 0.810. The van der Waals surface area contributed by atoms with Gasteiger partial charge in [-0.1, -0.05) is 54.6 Å². The summed E-state index contributed by atoms with van der Waals surface area (Å²) >= 11 is 0. The highest BCUT2D eigenvalue weighted by molar-refractivity contribution is 5.24. The lowest BCUT2D eigenvalue weighted by atomic mass is 9.99. The molecule has 2 rings (SSSR count). The Morgan fingerprint density at radius 2 is 1.60 bits per heavy atom. The first-order chi connectivity index (χ1) is 9.79. The maximum Gasteiger partial charge on any atom is 0.0793 e. The summed E-state index contributed by atoms with van der Waals surface area (Å²) in [7, 11) is 0. The van der Waals surface area contributed by atoms with Crippen LogP contribution in [0.1, 0.15) is 35.6 Å². The molecule has 0 fully saturated rings. The number of nitrogens with two attached hydrogens (primary N) is 1. The molecular weight excluding hydrogens is 246 g/mol. The van der Waals surface area contributed by atoms with Gasteiger partial charge in [0.25, 0.3) is 0 Å². The molecule has 20 heavy (non-hydrogen) atoms. The van der Waals surface area contributed by atoms with E-state index < -0.39 is 0 Å². The van der Waals surface area contributed by atoms with Gasteiger partial charge in [0.1, 0.15) is 0 Å². The molecule has 0 aliphatic heterocycles. The van der Waals surface area contributed by atoms with Gasteiger partial charge in [-0.2, -0.15) is 0 Å². The summed E-state index contributed by atoms with van der Waals surface area (Å²) in [5.41, 5.74) is 9.16. The van der Waals surface area contributed by atoms with E-state index in [0.29, 0.717) is 0 Å². The minimum absolute atomic E-state index is 0.385. The molecular formula is C18H23NO. The van der Waals surface area contributed by atoms with E-state index in [1.54, 1.807) is 0 Å². The fourth-order valence-corrected chi connectivity index (χ4v) is 2.39. The molecule has 2 heteroatoms. The number of hydrogen-bond acceptors (Lipinski definition) is 2. The predicted molar refractivity (Wildman–Crippen MR) is 83.5 cm³/mol. The van der Waals surface area contributed by atoms with Gasteiger partial charge in [-0.15, -0.1) is 0 Å². The van der Waals surface area contributed by atoms with Crippen molar-refractivity contribution in [2.45, 2.75) is 31.8 Å². The summed E-state index contributed by atoms with van der Waals surface area (Å²) in [6.07, 6.45) is 3.32. The summed E-state index contributed by atoms with van der Waals surface area (Å²) in [4.78, 5) is 0. The van der Waals surface area contributed by atoms with Crippen molar-refractivity contribution < 1.29 is 5.11 Å². The van der Waals surface area contributed by atoms with Gasteiger partial charge < -0.3 is 10.8 Å². The van der Waals surface area contributed by atoms with Crippen LogP contribution in [0.5, 0.6) is 0 Å². The number of aliphatic hydroxyl groups excluding tert-OH is 1. The summed E-state index contributed by atoms with van der Waals surface area (Å²) in [6, 6.07) is 18.4. The Hall–Kier alpha value is -1.64. The monoisotopic (exact) mass is 269 g/mol. The zero-order valence-electron chi connectivity index (χ0n) is 11.8. The third kappa shape index (κ3) is 4.48. The molecule has 2 aromatic carbocycles. The van der Waals surface area contributed by atoms with Crippen LogP contribution in [-0.2, 0) is 12.8 Å².